The van der Waals surface area contributed by atoms with Crippen LogP contribution in [0.3, 0.4) is 0 Å². The Balaban J connectivity index is 1.84. The summed E-state index contributed by atoms with van der Waals surface area (Å²) in [5, 5.41) is 6.81. The summed E-state index contributed by atoms with van der Waals surface area (Å²) >= 11 is 0. The highest BCUT2D eigenvalue weighted by Crippen LogP contribution is 2.24. The second-order valence-electron chi connectivity index (χ2n) is 4.63. The molecule has 1 aliphatic heterocycles. The molecule has 0 aromatic heterocycles. The summed E-state index contributed by atoms with van der Waals surface area (Å²) in [4.78, 5) is 2.41. The highest BCUT2D eigenvalue weighted by Gasteiger charge is 2.09. The lowest BCUT2D eigenvalue weighted by Gasteiger charge is -2.27. The summed E-state index contributed by atoms with van der Waals surface area (Å²) in [7, 11) is 3.35. The van der Waals surface area contributed by atoms with Gasteiger partial charge in [-0.05, 0) is 6.07 Å². The molecule has 5 heteroatoms. The molecule has 0 saturated carbocycles. The monoisotopic (exact) mass is 265 g/mol. The van der Waals surface area contributed by atoms with Gasteiger partial charge in [-0.25, -0.2) is 0 Å². The van der Waals surface area contributed by atoms with Crippen molar-refractivity contribution in [1.29, 1.82) is 0 Å². The molecule has 1 aliphatic rings. The van der Waals surface area contributed by atoms with E-state index in [1.54, 1.807) is 14.2 Å². The Morgan fingerprint density at radius 2 is 2.00 bits per heavy atom. The van der Waals surface area contributed by atoms with Crippen LogP contribution in [-0.4, -0.2) is 52.0 Å². The Morgan fingerprint density at radius 1 is 1.21 bits per heavy atom. The van der Waals surface area contributed by atoms with Crippen LogP contribution < -0.4 is 20.1 Å². The summed E-state index contributed by atoms with van der Waals surface area (Å²) in [5.41, 5.74) is 1.15. The molecule has 2 rings (SSSR count). The summed E-state index contributed by atoms with van der Waals surface area (Å²) in [6, 6.07) is 5.93. The van der Waals surface area contributed by atoms with Gasteiger partial charge in [0, 0.05) is 51.0 Å². The van der Waals surface area contributed by atoms with Gasteiger partial charge in [0.25, 0.3) is 0 Å². The number of hydrogen-bond acceptors (Lipinski definition) is 5. The Labute approximate surface area is 114 Å². The van der Waals surface area contributed by atoms with Gasteiger partial charge in [-0.2, -0.15) is 0 Å². The van der Waals surface area contributed by atoms with Gasteiger partial charge in [-0.15, -0.1) is 0 Å². The molecule has 0 radical (unpaired) electrons. The van der Waals surface area contributed by atoms with E-state index in [-0.39, 0.29) is 0 Å². The number of methoxy groups -OCH3 is 2. The van der Waals surface area contributed by atoms with Gasteiger partial charge in [-0.3, -0.25) is 4.90 Å². The zero-order valence-electron chi connectivity index (χ0n) is 11.7. The van der Waals surface area contributed by atoms with Crippen molar-refractivity contribution in [2.75, 3.05) is 47.1 Å². The number of nitrogens with one attached hydrogen (secondary N) is 2. The van der Waals surface area contributed by atoms with Crippen LogP contribution in [0.5, 0.6) is 11.5 Å². The predicted molar refractivity (Wildman–Crippen MR) is 75.7 cm³/mol. The first-order chi connectivity index (χ1) is 9.33. The third kappa shape index (κ3) is 4.09. The van der Waals surface area contributed by atoms with Gasteiger partial charge in [0.2, 0.25) is 0 Å². The maximum atomic E-state index is 5.39. The fourth-order valence-corrected chi connectivity index (χ4v) is 2.22. The van der Waals surface area contributed by atoms with E-state index < -0.39 is 0 Å². The molecular formula is C14H23N3O2. The number of nitrogens with zero attached hydrogens (tertiary/aromatic N) is 1. The first kappa shape index (κ1) is 14.1. The molecule has 106 valence electrons. The van der Waals surface area contributed by atoms with Crippen molar-refractivity contribution in [3.05, 3.63) is 23.8 Å². The molecule has 19 heavy (non-hydrogen) atoms. The molecular weight excluding hydrogens is 242 g/mol. The Bertz CT molecular complexity index is 392. The Kier molecular flexibility index (Phi) is 5.44. The van der Waals surface area contributed by atoms with E-state index in [0.29, 0.717) is 0 Å². The SMILES string of the molecule is COc1ccc(CNCN2CCNCC2)c(OC)c1. The maximum absolute atomic E-state index is 5.39. The van der Waals surface area contributed by atoms with Crippen molar-refractivity contribution in [2.45, 2.75) is 6.54 Å². The number of benzene rings is 1. The van der Waals surface area contributed by atoms with Crippen molar-refractivity contribution >= 4 is 0 Å². The molecule has 0 spiro atoms. The Hall–Kier alpha value is -1.30. The average molecular weight is 265 g/mol. The molecule has 0 aliphatic carbocycles. The van der Waals surface area contributed by atoms with E-state index in [2.05, 4.69) is 15.5 Å². The third-order valence-corrected chi connectivity index (χ3v) is 3.35. The molecule has 0 bridgehead atoms. The molecule has 2 N–H and O–H groups in total. The number of piperazine rings is 1. The lowest BCUT2D eigenvalue weighted by molar-refractivity contribution is 0.222. The summed E-state index contributed by atoms with van der Waals surface area (Å²) in [6.45, 7) is 6.08. The first-order valence-corrected chi connectivity index (χ1v) is 6.68. The molecule has 0 unspecified atom stereocenters. The average Bonchev–Trinajstić information content (AvgIpc) is 2.48. The minimum Gasteiger partial charge on any atom is -0.497 e. The smallest absolute Gasteiger partial charge is 0.127 e. The highest BCUT2D eigenvalue weighted by atomic mass is 16.5. The number of hydrogen-bond donors (Lipinski definition) is 2. The van der Waals surface area contributed by atoms with E-state index in [0.717, 1.165) is 56.5 Å². The molecule has 1 fully saturated rings. The van der Waals surface area contributed by atoms with Gasteiger partial charge < -0.3 is 20.1 Å². The van der Waals surface area contributed by atoms with Gasteiger partial charge >= 0.3 is 0 Å². The van der Waals surface area contributed by atoms with Crippen LogP contribution in [0.2, 0.25) is 0 Å². The van der Waals surface area contributed by atoms with Gasteiger partial charge in [0.15, 0.2) is 0 Å². The maximum Gasteiger partial charge on any atom is 0.127 e. The van der Waals surface area contributed by atoms with E-state index >= 15 is 0 Å². The summed E-state index contributed by atoms with van der Waals surface area (Å²) in [5.74, 6) is 1.69. The highest BCUT2D eigenvalue weighted by molar-refractivity contribution is 5.40. The quantitative estimate of drug-likeness (QED) is 0.791. The zero-order chi connectivity index (χ0) is 13.5. The number of rotatable bonds is 6. The van der Waals surface area contributed by atoms with E-state index in [1.807, 2.05) is 18.2 Å². The standard InChI is InChI=1S/C14H23N3O2/c1-18-13-4-3-12(14(9-13)19-2)10-16-11-17-7-5-15-6-8-17/h3-4,9,15-16H,5-8,10-11H2,1-2H3. The van der Waals surface area contributed by atoms with Crippen molar-refractivity contribution in [3.8, 4) is 11.5 Å². The lowest BCUT2D eigenvalue weighted by Crippen LogP contribution is -2.46. The van der Waals surface area contributed by atoms with E-state index in [4.69, 9.17) is 9.47 Å². The van der Waals surface area contributed by atoms with E-state index in [1.165, 1.54) is 0 Å². The van der Waals surface area contributed by atoms with Crippen LogP contribution in [0.15, 0.2) is 18.2 Å². The summed E-state index contributed by atoms with van der Waals surface area (Å²) < 4.78 is 10.6. The van der Waals surface area contributed by atoms with E-state index in [9.17, 15) is 0 Å². The van der Waals surface area contributed by atoms with Crippen molar-refractivity contribution in [3.63, 3.8) is 0 Å². The Morgan fingerprint density at radius 3 is 2.68 bits per heavy atom. The van der Waals surface area contributed by atoms with Gasteiger partial charge in [0.05, 0.1) is 14.2 Å². The molecule has 1 aromatic rings. The molecule has 1 heterocycles. The molecule has 5 nitrogen and oxygen atoms in total. The van der Waals surface area contributed by atoms with Crippen LogP contribution >= 0.6 is 0 Å². The number of ether oxygens (including phenoxy) is 2. The van der Waals surface area contributed by atoms with Crippen LogP contribution in [-0.2, 0) is 6.54 Å². The fraction of sp³-hybridized carbons (Fsp3) is 0.571. The van der Waals surface area contributed by atoms with Crippen LogP contribution in [0, 0.1) is 0 Å². The second-order valence-corrected chi connectivity index (χ2v) is 4.63. The van der Waals surface area contributed by atoms with Gasteiger partial charge in [0.1, 0.15) is 11.5 Å². The minimum atomic E-state index is 0.803. The first-order valence-electron chi connectivity index (χ1n) is 6.68. The lowest BCUT2D eigenvalue weighted by atomic mass is 10.2. The fourth-order valence-electron chi connectivity index (χ4n) is 2.22. The zero-order valence-corrected chi connectivity index (χ0v) is 11.7. The van der Waals surface area contributed by atoms with Crippen molar-refractivity contribution in [2.24, 2.45) is 0 Å². The van der Waals surface area contributed by atoms with Crippen LogP contribution in [0.4, 0.5) is 0 Å². The predicted octanol–water partition coefficient (Wildman–Crippen LogP) is 0.656. The topological polar surface area (TPSA) is 45.8 Å². The minimum absolute atomic E-state index is 0.803. The largest absolute Gasteiger partial charge is 0.497 e. The molecule has 0 amide bonds. The van der Waals surface area contributed by atoms with Gasteiger partial charge in [-0.1, -0.05) is 6.07 Å². The summed E-state index contributed by atoms with van der Waals surface area (Å²) in [6.07, 6.45) is 0. The second kappa shape index (κ2) is 7.33. The third-order valence-electron chi connectivity index (χ3n) is 3.35. The molecule has 0 atom stereocenters. The molecule has 1 saturated heterocycles. The van der Waals surface area contributed by atoms with Crippen LogP contribution in [0.1, 0.15) is 5.56 Å². The van der Waals surface area contributed by atoms with Crippen molar-refractivity contribution < 1.29 is 9.47 Å². The normalized spacial score (nSPS) is 16.3. The van der Waals surface area contributed by atoms with Crippen LogP contribution in [0.25, 0.3) is 0 Å². The molecule has 1 aromatic carbocycles. The van der Waals surface area contributed by atoms with Crippen molar-refractivity contribution in [1.82, 2.24) is 15.5 Å².